The van der Waals surface area contributed by atoms with Gasteiger partial charge >= 0.3 is 5.97 Å². The van der Waals surface area contributed by atoms with Crippen LogP contribution in [0.15, 0.2) is 71.9 Å². The summed E-state index contributed by atoms with van der Waals surface area (Å²) in [5, 5.41) is 13.2. The van der Waals surface area contributed by atoms with E-state index < -0.39 is 12.0 Å². The summed E-state index contributed by atoms with van der Waals surface area (Å²) < 4.78 is 4.95. The lowest BCUT2D eigenvalue weighted by Gasteiger charge is -2.11. The zero-order valence-corrected chi connectivity index (χ0v) is 15.4. The van der Waals surface area contributed by atoms with Gasteiger partial charge in [0.25, 0.3) is 0 Å². The van der Waals surface area contributed by atoms with Gasteiger partial charge in [0.15, 0.2) is 6.04 Å². The van der Waals surface area contributed by atoms with Crippen LogP contribution < -0.4 is 0 Å². The molecule has 0 aliphatic carbocycles. The number of esters is 1. The summed E-state index contributed by atoms with van der Waals surface area (Å²) in [7, 11) is 1.36. The van der Waals surface area contributed by atoms with Crippen molar-refractivity contribution in [1.82, 2.24) is 4.98 Å². The van der Waals surface area contributed by atoms with Gasteiger partial charge in [-0.3, -0.25) is 4.99 Å². The number of rotatable bonds is 5. The molecule has 1 aromatic heterocycles. The van der Waals surface area contributed by atoms with Crippen LogP contribution in [0.5, 0.6) is 5.75 Å². The lowest BCUT2D eigenvalue weighted by atomic mass is 10.0. The second kappa shape index (κ2) is 7.56. The van der Waals surface area contributed by atoms with E-state index in [4.69, 9.17) is 4.74 Å². The number of nitrogens with one attached hydrogen (secondary N) is 1. The largest absolute Gasteiger partial charge is 0.507 e. The lowest BCUT2D eigenvalue weighted by Crippen LogP contribution is -2.23. The van der Waals surface area contributed by atoms with Crippen molar-refractivity contribution in [2.45, 2.75) is 12.5 Å². The number of hydrogen-bond donors (Lipinski definition) is 2. The predicted molar refractivity (Wildman–Crippen MR) is 111 cm³/mol. The number of phenols is 1. The van der Waals surface area contributed by atoms with Gasteiger partial charge in [0, 0.05) is 35.3 Å². The average Bonchev–Trinajstić information content (AvgIpc) is 3.14. The van der Waals surface area contributed by atoms with E-state index in [9.17, 15) is 9.90 Å². The molecule has 2 N–H and O–H groups in total. The highest BCUT2D eigenvalue weighted by atomic mass is 16.5. The molecule has 0 spiro atoms. The first kappa shape index (κ1) is 17.8. The van der Waals surface area contributed by atoms with Crippen molar-refractivity contribution in [1.29, 1.82) is 0 Å². The van der Waals surface area contributed by atoms with Crippen LogP contribution in [0.1, 0.15) is 11.1 Å². The highest BCUT2D eigenvalue weighted by Crippen LogP contribution is 2.26. The van der Waals surface area contributed by atoms with Crippen LogP contribution in [0.2, 0.25) is 0 Å². The number of methoxy groups -OCH3 is 1. The van der Waals surface area contributed by atoms with E-state index in [-0.39, 0.29) is 5.75 Å². The first-order chi connectivity index (χ1) is 13.7. The molecule has 140 valence electrons. The number of aromatic amines is 1. The van der Waals surface area contributed by atoms with Gasteiger partial charge in [0.2, 0.25) is 0 Å². The smallest absolute Gasteiger partial charge is 0.330 e. The Morgan fingerprint density at radius 3 is 2.68 bits per heavy atom. The van der Waals surface area contributed by atoms with Gasteiger partial charge < -0.3 is 14.8 Å². The molecule has 1 unspecified atom stereocenters. The maximum atomic E-state index is 12.3. The van der Waals surface area contributed by atoms with Gasteiger partial charge in [-0.15, -0.1) is 0 Å². The number of para-hydroxylation sites is 1. The number of H-pyrrole nitrogens is 1. The number of aliphatic imine (C=N–C) groups is 1. The molecule has 0 saturated heterocycles. The summed E-state index contributed by atoms with van der Waals surface area (Å²) in [6.45, 7) is 0. The second-order valence-electron chi connectivity index (χ2n) is 6.60. The molecule has 0 amide bonds. The van der Waals surface area contributed by atoms with E-state index in [0.29, 0.717) is 12.0 Å². The molecule has 1 heterocycles. The molecule has 28 heavy (non-hydrogen) atoms. The van der Waals surface area contributed by atoms with Crippen LogP contribution >= 0.6 is 0 Å². The van der Waals surface area contributed by atoms with Gasteiger partial charge in [0.05, 0.1) is 7.11 Å². The molecule has 3 aromatic carbocycles. The molecule has 1 atom stereocenters. The number of benzene rings is 3. The minimum absolute atomic E-state index is 0.123. The second-order valence-corrected chi connectivity index (χ2v) is 6.60. The Hall–Kier alpha value is -3.60. The van der Waals surface area contributed by atoms with E-state index in [0.717, 1.165) is 27.2 Å². The van der Waals surface area contributed by atoms with Crippen molar-refractivity contribution in [3.05, 3.63) is 78.0 Å². The van der Waals surface area contributed by atoms with Crippen molar-refractivity contribution in [2.24, 2.45) is 4.99 Å². The first-order valence-electron chi connectivity index (χ1n) is 9.04. The topological polar surface area (TPSA) is 74.7 Å². The van der Waals surface area contributed by atoms with E-state index in [1.807, 2.05) is 60.8 Å². The highest BCUT2D eigenvalue weighted by molar-refractivity contribution is 6.02. The van der Waals surface area contributed by atoms with Crippen LogP contribution in [0.3, 0.4) is 0 Å². The summed E-state index contributed by atoms with van der Waals surface area (Å²) in [4.78, 5) is 20.0. The van der Waals surface area contributed by atoms with E-state index in [2.05, 4.69) is 9.98 Å². The van der Waals surface area contributed by atoms with Gasteiger partial charge in [-0.2, -0.15) is 0 Å². The van der Waals surface area contributed by atoms with Gasteiger partial charge in [-0.05, 0) is 28.5 Å². The van der Waals surface area contributed by atoms with Crippen molar-refractivity contribution >= 4 is 33.9 Å². The molecule has 4 aromatic rings. The van der Waals surface area contributed by atoms with Crippen LogP contribution in [0.4, 0.5) is 0 Å². The Kier molecular flexibility index (Phi) is 4.81. The third-order valence-electron chi connectivity index (χ3n) is 4.89. The number of aromatic nitrogens is 1. The zero-order valence-electron chi connectivity index (χ0n) is 15.4. The summed E-state index contributed by atoms with van der Waals surface area (Å²) in [5.74, 6) is -0.292. The fraction of sp³-hybridized carbons (Fsp3) is 0.130. The molecule has 0 aliphatic heterocycles. The molecule has 0 aliphatic rings. The van der Waals surface area contributed by atoms with Crippen molar-refractivity contribution in [2.75, 3.05) is 7.11 Å². The molecular weight excluding hydrogens is 352 g/mol. The quantitative estimate of drug-likeness (QED) is 0.407. The standard InChI is InChI=1S/C23H20N2O3/c1-28-23(27)21(12-16-13-24-20-9-5-4-8-18(16)20)25-14-19-17-7-3-2-6-15(17)10-11-22(19)26/h2-11,13-14,21,24,26H,12H2,1H3. The normalized spacial score (nSPS) is 12.6. The number of hydrogen-bond acceptors (Lipinski definition) is 4. The van der Waals surface area contributed by atoms with Gasteiger partial charge in [-0.1, -0.05) is 48.5 Å². The molecular formula is C23H20N2O3. The Morgan fingerprint density at radius 1 is 1.11 bits per heavy atom. The van der Waals surface area contributed by atoms with Crippen molar-refractivity contribution in [3.8, 4) is 5.75 Å². The third kappa shape index (κ3) is 3.34. The molecule has 0 saturated carbocycles. The molecule has 4 rings (SSSR count). The maximum Gasteiger partial charge on any atom is 0.330 e. The highest BCUT2D eigenvalue weighted by Gasteiger charge is 2.20. The van der Waals surface area contributed by atoms with Crippen LogP contribution in [0.25, 0.3) is 21.7 Å². The number of ether oxygens (including phenoxy) is 1. The number of phenolic OH excluding ortho intramolecular Hbond substituents is 1. The predicted octanol–water partition coefficient (Wildman–Crippen LogP) is 4.23. The molecule has 0 bridgehead atoms. The fourth-order valence-corrected chi connectivity index (χ4v) is 3.43. The van der Waals surface area contributed by atoms with Crippen molar-refractivity contribution < 1.29 is 14.6 Å². The zero-order chi connectivity index (χ0) is 19.5. The molecule has 0 fully saturated rings. The third-order valence-corrected chi connectivity index (χ3v) is 4.89. The van der Waals surface area contributed by atoms with E-state index >= 15 is 0 Å². The number of nitrogens with zero attached hydrogens (tertiary/aromatic N) is 1. The molecule has 5 heteroatoms. The molecule has 5 nitrogen and oxygen atoms in total. The molecule has 0 radical (unpaired) electrons. The number of aromatic hydroxyl groups is 1. The Bertz CT molecular complexity index is 1180. The number of carbonyl (C=O) groups is 1. The number of carbonyl (C=O) groups excluding carboxylic acids is 1. The minimum Gasteiger partial charge on any atom is -0.507 e. The monoisotopic (exact) mass is 372 g/mol. The van der Waals surface area contributed by atoms with Crippen molar-refractivity contribution in [3.63, 3.8) is 0 Å². The Balaban J connectivity index is 1.70. The summed E-state index contributed by atoms with van der Waals surface area (Å²) in [6, 6.07) is 18.4. The van der Waals surface area contributed by atoms with E-state index in [1.165, 1.54) is 7.11 Å². The lowest BCUT2D eigenvalue weighted by molar-refractivity contribution is -0.142. The maximum absolute atomic E-state index is 12.3. The Labute approximate surface area is 162 Å². The summed E-state index contributed by atoms with van der Waals surface area (Å²) in [5.41, 5.74) is 2.59. The first-order valence-corrected chi connectivity index (χ1v) is 9.04. The van der Waals surface area contributed by atoms with Crippen LogP contribution in [-0.4, -0.2) is 35.4 Å². The fourth-order valence-electron chi connectivity index (χ4n) is 3.43. The summed E-state index contributed by atoms with van der Waals surface area (Å²) >= 11 is 0. The Morgan fingerprint density at radius 2 is 1.86 bits per heavy atom. The SMILES string of the molecule is COC(=O)C(Cc1c[nH]c2ccccc12)N=Cc1c(O)ccc2ccccc12. The average molecular weight is 372 g/mol. The van der Waals surface area contributed by atoms with Gasteiger partial charge in [-0.25, -0.2) is 4.79 Å². The van der Waals surface area contributed by atoms with E-state index in [1.54, 1.807) is 12.3 Å². The minimum atomic E-state index is -0.706. The van der Waals surface area contributed by atoms with Gasteiger partial charge in [0.1, 0.15) is 5.75 Å². The van der Waals surface area contributed by atoms with Crippen LogP contribution in [-0.2, 0) is 16.0 Å². The summed E-state index contributed by atoms with van der Waals surface area (Å²) in [6.07, 6.45) is 3.86. The van der Waals surface area contributed by atoms with Crippen LogP contribution in [0, 0.1) is 0 Å². The number of fused-ring (bicyclic) bond motifs is 2.